The van der Waals surface area contributed by atoms with Crippen molar-refractivity contribution in [3.63, 3.8) is 0 Å². The summed E-state index contributed by atoms with van der Waals surface area (Å²) < 4.78 is 148. The van der Waals surface area contributed by atoms with Crippen molar-refractivity contribution >= 4 is 35.6 Å². The van der Waals surface area contributed by atoms with Gasteiger partial charge in [0, 0.05) is 6.16 Å². The predicted octanol–water partition coefficient (Wildman–Crippen LogP) is 7.99. The first kappa shape index (κ1) is 34.5. The lowest BCUT2D eigenvalue weighted by molar-refractivity contribution is 0.381. The van der Waals surface area contributed by atoms with E-state index in [1.54, 1.807) is 0 Å². The quantitative estimate of drug-likeness (QED) is 0.0622. The van der Waals surface area contributed by atoms with Crippen LogP contribution in [0.1, 0.15) is 33.4 Å². The highest BCUT2D eigenvalue weighted by atomic mass is 31.1. The van der Waals surface area contributed by atoms with Gasteiger partial charge in [0.2, 0.25) is 0 Å². The first-order valence-electron chi connectivity index (χ1n) is 14.1. The van der Waals surface area contributed by atoms with E-state index in [1.807, 2.05) is 65.8 Å². The van der Waals surface area contributed by atoms with Gasteiger partial charge in [-0.2, -0.15) is 6.82 Å². The summed E-state index contributed by atoms with van der Waals surface area (Å²) in [5.41, 5.74) is 1.94. The molecule has 0 spiro atoms. The third-order valence-corrected chi connectivity index (χ3v) is 12.3. The average Bonchev–Trinajstić information content (AvgIpc) is 2.94. The van der Waals surface area contributed by atoms with E-state index in [0.717, 1.165) is 50.8 Å². The van der Waals surface area contributed by atoms with Crippen molar-refractivity contribution in [1.29, 1.82) is 0 Å². The monoisotopic (exact) mass is 658 g/mol. The lowest BCUT2D eigenvalue weighted by Crippen LogP contribution is -2.62. The summed E-state index contributed by atoms with van der Waals surface area (Å²) >= 11 is 0. The van der Waals surface area contributed by atoms with E-state index >= 15 is 17.6 Å². The van der Waals surface area contributed by atoms with Gasteiger partial charge in [0.05, 0.1) is 14.1 Å². The first-order chi connectivity index (χ1) is 20.8. The minimum Gasteiger partial charge on any atom is -0.207 e. The molecule has 0 N–H and O–H groups in total. The zero-order valence-corrected chi connectivity index (χ0v) is 26.6. The molecule has 0 amide bonds. The van der Waals surface area contributed by atoms with Crippen molar-refractivity contribution in [3.05, 3.63) is 116 Å². The van der Waals surface area contributed by atoms with E-state index < -0.39 is 89.5 Å². The van der Waals surface area contributed by atoms with E-state index in [9.17, 15) is 26.3 Å². The fourth-order valence-corrected chi connectivity index (χ4v) is 10.7. The minimum absolute atomic E-state index is 0.129. The summed E-state index contributed by atoms with van der Waals surface area (Å²) in [5.74, 6) is -24.3. The van der Waals surface area contributed by atoms with Crippen LogP contribution in [0.15, 0.2) is 24.3 Å². The lowest BCUT2D eigenvalue weighted by Gasteiger charge is -2.39. The minimum atomic E-state index is -3.87. The zero-order valence-electron chi connectivity index (χ0n) is 25.6. The van der Waals surface area contributed by atoms with Crippen LogP contribution in [-0.4, -0.2) is 12.3 Å². The van der Waals surface area contributed by atoms with E-state index in [1.165, 1.54) is 0 Å². The highest BCUT2D eigenvalue weighted by molar-refractivity contribution is 7.73. The molecule has 0 saturated heterocycles. The van der Waals surface area contributed by atoms with Crippen molar-refractivity contribution in [3.8, 4) is 0 Å². The summed E-state index contributed by atoms with van der Waals surface area (Å²) in [6.45, 7) is 11.9. The van der Waals surface area contributed by atoms with Crippen molar-refractivity contribution in [2.75, 3.05) is 6.16 Å². The Kier molecular flexibility index (Phi) is 9.57. The molecule has 4 aromatic rings. The Bertz CT molecular complexity index is 1620. The van der Waals surface area contributed by atoms with Crippen LogP contribution in [0.4, 0.5) is 43.9 Å². The molecule has 240 valence electrons. The predicted molar refractivity (Wildman–Crippen MR) is 162 cm³/mol. The number of hydrogen-bond acceptors (Lipinski definition) is 0. The Morgan fingerprint density at radius 2 is 0.689 bits per heavy atom. The van der Waals surface area contributed by atoms with Crippen molar-refractivity contribution in [2.24, 2.45) is 0 Å². The Balaban J connectivity index is 2.09. The van der Waals surface area contributed by atoms with Crippen molar-refractivity contribution in [1.82, 2.24) is 0 Å². The maximum Gasteiger partial charge on any atom is 0.200 e. The molecule has 4 rings (SSSR count). The Morgan fingerprint density at radius 1 is 0.444 bits per heavy atom. The summed E-state index contributed by atoms with van der Waals surface area (Å²) in [4.78, 5) is 0. The van der Waals surface area contributed by atoms with E-state index in [2.05, 4.69) is 0 Å². The first-order valence-corrected chi connectivity index (χ1v) is 15.8. The number of benzene rings is 4. The van der Waals surface area contributed by atoms with Crippen LogP contribution in [0.5, 0.6) is 0 Å². The average molecular weight is 658 g/mol. The van der Waals surface area contributed by atoms with Crippen LogP contribution in [0.2, 0.25) is 13.1 Å². The molecule has 0 fully saturated rings. The van der Waals surface area contributed by atoms with Crippen LogP contribution < -0.4 is 21.5 Å². The van der Waals surface area contributed by atoms with Crippen molar-refractivity contribution < 1.29 is 43.9 Å². The molecule has 45 heavy (non-hydrogen) atoms. The summed E-state index contributed by atoms with van der Waals surface area (Å²) in [6, 6.07) is 7.63. The molecule has 0 aliphatic heterocycles. The molecule has 0 aromatic heterocycles. The summed E-state index contributed by atoms with van der Waals surface area (Å²) in [5, 5.41) is 1.68. The zero-order chi connectivity index (χ0) is 33.9. The van der Waals surface area contributed by atoms with Gasteiger partial charge >= 0.3 is 0 Å². The molecule has 0 heterocycles. The maximum absolute atomic E-state index is 15.4. The van der Waals surface area contributed by atoms with E-state index in [0.29, 0.717) is 0 Å². The largest absolute Gasteiger partial charge is 0.207 e. The second-order valence-electron chi connectivity index (χ2n) is 12.1. The van der Waals surface area contributed by atoms with Crippen LogP contribution in [0.25, 0.3) is 0 Å². The second kappa shape index (κ2) is 12.5. The van der Waals surface area contributed by atoms with Crippen LogP contribution in [-0.2, 0) is 0 Å². The molecular weight excluding hydrogens is 628 g/mol. The van der Waals surface area contributed by atoms with Gasteiger partial charge in [-0.15, -0.1) is 17.2 Å². The number of hydrogen-bond donors (Lipinski definition) is 0. The highest BCUT2D eigenvalue weighted by Crippen LogP contribution is 2.42. The Labute approximate surface area is 256 Å². The molecule has 4 aromatic carbocycles. The van der Waals surface area contributed by atoms with Crippen LogP contribution in [0.3, 0.4) is 0 Å². The van der Waals surface area contributed by atoms with Crippen molar-refractivity contribution in [2.45, 2.75) is 54.7 Å². The van der Waals surface area contributed by atoms with Crippen LogP contribution in [0, 0.1) is 99.7 Å². The van der Waals surface area contributed by atoms with E-state index in [4.69, 9.17) is 0 Å². The van der Waals surface area contributed by atoms with Gasteiger partial charge in [-0.3, -0.25) is 0 Å². The second-order valence-corrected chi connectivity index (χ2v) is 14.5. The molecule has 12 heteroatoms. The van der Waals surface area contributed by atoms with Gasteiger partial charge in [0.15, 0.2) is 34.9 Å². The lowest BCUT2D eigenvalue weighted by atomic mass is 9.18. The third kappa shape index (κ3) is 5.77. The molecule has 0 bridgehead atoms. The maximum atomic E-state index is 15.4. The molecule has 0 radical (unpaired) electrons. The number of rotatable bonds is 7. The van der Waals surface area contributed by atoms with Gasteiger partial charge < -0.3 is 0 Å². The molecule has 0 aliphatic carbocycles. The van der Waals surface area contributed by atoms with Gasteiger partial charge in [0.1, 0.15) is 33.9 Å². The van der Waals surface area contributed by atoms with Gasteiger partial charge in [0.25, 0.3) is 0 Å². The molecular formula is C33H30BF10P. The standard InChI is InChI=1S/C33H29BF10P/c1-14-10-16(3)32(17(4)11-14)45(33-18(5)12-15(2)13-19(33)6)9-8-34(7,20-22(35)26(39)30(43)27(40)23(20)36)21-24(37)28(41)31(44)29(42)25(21)38/h10-13H,8-9H2,1-7H3/q-1/p+1. The number of halogens is 10. The van der Waals surface area contributed by atoms with Crippen LogP contribution >= 0.6 is 7.92 Å². The van der Waals surface area contributed by atoms with Gasteiger partial charge in [-0.25, -0.2) is 43.9 Å². The summed E-state index contributed by atoms with van der Waals surface area (Å²) in [7, 11) is -2.10. The highest BCUT2D eigenvalue weighted by Gasteiger charge is 2.42. The van der Waals surface area contributed by atoms with Gasteiger partial charge in [-0.1, -0.05) is 35.4 Å². The number of aryl methyl sites for hydroxylation is 6. The molecule has 0 aliphatic rings. The third-order valence-electron chi connectivity index (χ3n) is 8.69. The SMILES string of the molecule is Cc1cc(C)c([PH+](CC[B-](C)(c2c(F)c(F)c(F)c(F)c2F)c2c(F)c(F)c(F)c(F)c2F)c2c(C)cc(C)cc2C)c(C)c1. The fourth-order valence-electron chi connectivity index (χ4n) is 6.92. The molecule has 0 nitrogen and oxygen atoms in total. The molecule has 0 saturated carbocycles. The smallest absolute Gasteiger partial charge is 0.200 e. The fraction of sp³-hybridized carbons (Fsp3) is 0.273. The van der Waals surface area contributed by atoms with Gasteiger partial charge in [-0.05, 0) is 63.8 Å². The molecule has 0 atom stereocenters. The Morgan fingerprint density at radius 3 is 0.956 bits per heavy atom. The topological polar surface area (TPSA) is 0 Å². The van der Waals surface area contributed by atoms with E-state index in [-0.39, 0.29) is 6.16 Å². The summed E-state index contributed by atoms with van der Waals surface area (Å²) in [6.07, 6.45) is -4.69. The molecule has 0 unspecified atom stereocenters. The Hall–Kier alpha value is -3.33. The normalized spacial score (nSPS) is 12.0.